The highest BCUT2D eigenvalue weighted by Crippen LogP contribution is 2.16. The van der Waals surface area contributed by atoms with E-state index in [1.54, 1.807) is 16.8 Å². The predicted molar refractivity (Wildman–Crippen MR) is 105 cm³/mol. The van der Waals surface area contributed by atoms with Crippen LogP contribution in [0.4, 0.5) is 0 Å². The third-order valence-corrected chi connectivity index (χ3v) is 5.23. The first kappa shape index (κ1) is 19.4. The molecular weight excluding hydrogens is 364 g/mol. The molecule has 1 unspecified atom stereocenters. The van der Waals surface area contributed by atoms with Crippen LogP contribution in [0.5, 0.6) is 0 Å². The topological polar surface area (TPSA) is 58.4 Å². The largest absolute Gasteiger partial charge is 0.339 e. The van der Waals surface area contributed by atoms with Crippen LogP contribution in [0.1, 0.15) is 29.9 Å². The second-order valence-corrected chi connectivity index (χ2v) is 7.49. The van der Waals surface area contributed by atoms with Gasteiger partial charge in [-0.2, -0.15) is 5.10 Å². The minimum absolute atomic E-state index is 0.0472. The van der Waals surface area contributed by atoms with Gasteiger partial charge in [0.05, 0.1) is 12.1 Å². The fraction of sp³-hybridized carbons (Fsp3) is 0.450. The Morgan fingerprint density at radius 1 is 1.07 bits per heavy atom. The number of carbonyl (C=O) groups is 2. The van der Waals surface area contributed by atoms with E-state index in [0.717, 1.165) is 17.0 Å². The van der Waals surface area contributed by atoms with Gasteiger partial charge in [-0.15, -0.1) is 0 Å². The Balaban J connectivity index is 1.54. The zero-order valence-electron chi connectivity index (χ0n) is 16.0. The van der Waals surface area contributed by atoms with Crippen LogP contribution in [-0.2, 0) is 16.0 Å². The minimum atomic E-state index is -0.338. The number of aryl methyl sites for hydroxylation is 2. The predicted octanol–water partition coefficient (Wildman–Crippen LogP) is 2.63. The number of rotatable bonds is 4. The Labute approximate surface area is 164 Å². The van der Waals surface area contributed by atoms with Gasteiger partial charge in [0.2, 0.25) is 11.8 Å². The number of aromatic nitrogens is 2. The van der Waals surface area contributed by atoms with Crippen LogP contribution in [-0.4, -0.2) is 57.6 Å². The lowest BCUT2D eigenvalue weighted by molar-refractivity contribution is -0.141. The smallest absolute Gasteiger partial charge is 0.247 e. The monoisotopic (exact) mass is 388 g/mol. The molecule has 0 N–H and O–H groups in total. The molecule has 1 aliphatic rings. The summed E-state index contributed by atoms with van der Waals surface area (Å²) >= 11 is 5.88. The van der Waals surface area contributed by atoms with Crippen LogP contribution in [0.15, 0.2) is 30.3 Å². The molecule has 1 fully saturated rings. The van der Waals surface area contributed by atoms with Crippen molar-refractivity contribution in [1.82, 2.24) is 19.6 Å². The fourth-order valence-electron chi connectivity index (χ4n) is 3.47. The lowest BCUT2D eigenvalue weighted by Gasteiger charge is -2.36. The molecule has 1 atom stereocenters. The number of hydrogen-bond donors (Lipinski definition) is 0. The van der Waals surface area contributed by atoms with Crippen molar-refractivity contribution in [2.24, 2.45) is 0 Å². The molecule has 2 aromatic rings. The third-order valence-electron chi connectivity index (χ3n) is 4.98. The molecule has 1 aromatic heterocycles. The van der Waals surface area contributed by atoms with E-state index in [4.69, 9.17) is 11.6 Å². The van der Waals surface area contributed by atoms with Crippen molar-refractivity contribution in [2.45, 2.75) is 33.2 Å². The fourth-order valence-corrected chi connectivity index (χ4v) is 3.60. The summed E-state index contributed by atoms with van der Waals surface area (Å²) in [5.41, 5.74) is 2.83. The van der Waals surface area contributed by atoms with Gasteiger partial charge in [-0.05, 0) is 44.5 Å². The maximum absolute atomic E-state index is 12.8. The van der Waals surface area contributed by atoms with Gasteiger partial charge in [0.25, 0.3) is 0 Å². The summed E-state index contributed by atoms with van der Waals surface area (Å²) in [5, 5.41) is 5.08. The molecule has 2 heterocycles. The van der Waals surface area contributed by atoms with E-state index >= 15 is 0 Å². The Bertz CT molecular complexity index is 823. The number of benzene rings is 1. The quantitative estimate of drug-likeness (QED) is 0.809. The summed E-state index contributed by atoms with van der Waals surface area (Å²) in [7, 11) is 0. The van der Waals surface area contributed by atoms with Crippen molar-refractivity contribution in [3.8, 4) is 0 Å². The number of hydrogen-bond acceptors (Lipinski definition) is 3. The summed E-state index contributed by atoms with van der Waals surface area (Å²) in [4.78, 5) is 29.0. The molecule has 0 radical (unpaired) electrons. The molecule has 1 aliphatic heterocycles. The average Bonchev–Trinajstić information content (AvgIpc) is 3.00. The average molecular weight is 389 g/mol. The van der Waals surface area contributed by atoms with Crippen molar-refractivity contribution >= 4 is 23.4 Å². The van der Waals surface area contributed by atoms with Gasteiger partial charge in [0, 0.05) is 36.9 Å². The highest BCUT2D eigenvalue weighted by molar-refractivity contribution is 6.30. The number of amides is 2. The molecule has 1 aromatic carbocycles. The van der Waals surface area contributed by atoms with Crippen LogP contribution >= 0.6 is 11.6 Å². The van der Waals surface area contributed by atoms with Gasteiger partial charge in [-0.25, -0.2) is 0 Å². The van der Waals surface area contributed by atoms with Gasteiger partial charge >= 0.3 is 0 Å². The Morgan fingerprint density at radius 3 is 2.22 bits per heavy atom. The molecule has 144 valence electrons. The molecule has 0 spiro atoms. The zero-order valence-corrected chi connectivity index (χ0v) is 16.7. The van der Waals surface area contributed by atoms with E-state index in [2.05, 4.69) is 5.10 Å². The van der Waals surface area contributed by atoms with Crippen LogP contribution < -0.4 is 0 Å². The number of carbonyl (C=O) groups excluding carboxylic acids is 2. The molecule has 0 saturated carbocycles. The van der Waals surface area contributed by atoms with Crippen LogP contribution in [0, 0.1) is 13.8 Å². The van der Waals surface area contributed by atoms with E-state index in [9.17, 15) is 9.59 Å². The summed E-state index contributed by atoms with van der Waals surface area (Å²) in [6, 6.07) is 8.96. The normalized spacial score (nSPS) is 15.7. The molecule has 7 heteroatoms. The van der Waals surface area contributed by atoms with Crippen molar-refractivity contribution in [3.63, 3.8) is 0 Å². The van der Waals surface area contributed by atoms with E-state index in [1.165, 1.54) is 0 Å². The SMILES string of the molecule is Cc1cc(C)n(C(C)C(=O)N2CCN(C(=O)Cc3ccc(Cl)cc3)CC2)n1. The molecule has 27 heavy (non-hydrogen) atoms. The first-order chi connectivity index (χ1) is 12.8. The van der Waals surface area contributed by atoms with Crippen molar-refractivity contribution < 1.29 is 9.59 Å². The summed E-state index contributed by atoms with van der Waals surface area (Å²) in [6.07, 6.45) is 0.354. The van der Waals surface area contributed by atoms with Gasteiger partial charge in [0.1, 0.15) is 6.04 Å². The second-order valence-electron chi connectivity index (χ2n) is 7.06. The highest BCUT2D eigenvalue weighted by atomic mass is 35.5. The Morgan fingerprint density at radius 2 is 1.67 bits per heavy atom. The Hall–Kier alpha value is -2.34. The maximum Gasteiger partial charge on any atom is 0.247 e. The molecule has 2 amide bonds. The summed E-state index contributed by atoms with van der Waals surface area (Å²) in [6.45, 7) is 7.97. The molecule has 0 aliphatic carbocycles. The van der Waals surface area contributed by atoms with Crippen LogP contribution in [0.3, 0.4) is 0 Å². The second kappa shape index (κ2) is 8.13. The lowest BCUT2D eigenvalue weighted by atomic mass is 10.1. The van der Waals surface area contributed by atoms with Gasteiger partial charge in [-0.3, -0.25) is 14.3 Å². The van der Waals surface area contributed by atoms with Crippen molar-refractivity contribution in [1.29, 1.82) is 0 Å². The third kappa shape index (κ3) is 4.50. The zero-order chi connectivity index (χ0) is 19.6. The van der Waals surface area contributed by atoms with Gasteiger partial charge < -0.3 is 9.80 Å². The van der Waals surface area contributed by atoms with E-state index in [1.807, 2.05) is 48.8 Å². The molecule has 0 bridgehead atoms. The summed E-state index contributed by atoms with van der Waals surface area (Å²) < 4.78 is 1.77. The molecule has 3 rings (SSSR count). The lowest BCUT2D eigenvalue weighted by Crippen LogP contribution is -2.52. The van der Waals surface area contributed by atoms with E-state index < -0.39 is 0 Å². The maximum atomic E-state index is 12.8. The Kier molecular flexibility index (Phi) is 5.85. The molecular formula is C20H25ClN4O2. The molecule has 6 nitrogen and oxygen atoms in total. The van der Waals surface area contributed by atoms with Gasteiger partial charge in [0.15, 0.2) is 0 Å². The minimum Gasteiger partial charge on any atom is -0.339 e. The number of halogens is 1. The van der Waals surface area contributed by atoms with Crippen molar-refractivity contribution in [2.75, 3.05) is 26.2 Å². The first-order valence-electron chi connectivity index (χ1n) is 9.19. The highest BCUT2D eigenvalue weighted by Gasteiger charge is 2.28. The van der Waals surface area contributed by atoms with Crippen molar-refractivity contribution in [3.05, 3.63) is 52.3 Å². The van der Waals surface area contributed by atoms with Crippen LogP contribution in [0.2, 0.25) is 5.02 Å². The number of piperazine rings is 1. The number of nitrogens with zero attached hydrogens (tertiary/aromatic N) is 4. The van der Waals surface area contributed by atoms with Crippen LogP contribution in [0.25, 0.3) is 0 Å². The summed E-state index contributed by atoms with van der Waals surface area (Å²) in [5.74, 6) is 0.127. The first-order valence-corrected chi connectivity index (χ1v) is 9.56. The van der Waals surface area contributed by atoms with Gasteiger partial charge in [-0.1, -0.05) is 23.7 Å². The molecule has 1 saturated heterocycles. The standard InChI is InChI=1S/C20H25ClN4O2/c1-14-12-15(2)25(22-14)16(3)20(27)24-10-8-23(9-11-24)19(26)13-17-4-6-18(21)7-5-17/h4-7,12,16H,8-11,13H2,1-3H3. The van der Waals surface area contributed by atoms with E-state index in [-0.39, 0.29) is 17.9 Å². The van der Waals surface area contributed by atoms with E-state index in [0.29, 0.717) is 37.6 Å².